The van der Waals surface area contributed by atoms with Crippen LogP contribution in [0.2, 0.25) is 0 Å². The van der Waals surface area contributed by atoms with E-state index in [9.17, 15) is 8.78 Å². The van der Waals surface area contributed by atoms with E-state index < -0.39 is 35.5 Å². The van der Waals surface area contributed by atoms with Crippen molar-refractivity contribution in [1.29, 1.82) is 0 Å². The second-order valence-electron chi connectivity index (χ2n) is 18.9. The van der Waals surface area contributed by atoms with Crippen molar-refractivity contribution in [3.8, 4) is 0 Å². The quantitative estimate of drug-likeness (QED) is 0.108. The molecule has 0 saturated heterocycles. The average molecular weight is 767 g/mol. The van der Waals surface area contributed by atoms with Crippen LogP contribution in [0, 0.1) is 70.6 Å². The van der Waals surface area contributed by atoms with Gasteiger partial charge in [-0.1, -0.05) is 116 Å². The summed E-state index contributed by atoms with van der Waals surface area (Å²) in [5.41, 5.74) is 0.752. The van der Waals surface area contributed by atoms with Crippen molar-refractivity contribution in [2.24, 2.45) is 47.3 Å². The van der Waals surface area contributed by atoms with Crippen LogP contribution in [-0.2, 0) is 4.74 Å². The lowest BCUT2D eigenvalue weighted by Gasteiger charge is -2.43. The minimum absolute atomic E-state index is 0.0608. The smallest absolute Gasteiger partial charge is 0.131 e. The Kier molecular flexibility index (Phi) is 16.9. The zero-order valence-corrected chi connectivity index (χ0v) is 34.5. The fraction of sp³-hybridized carbons (Fsp3) is 0.760. The molecule has 308 valence electrons. The third kappa shape index (κ3) is 12.1. The molecule has 2 aromatic carbocycles. The van der Waals surface area contributed by atoms with E-state index in [4.69, 9.17) is 4.74 Å². The van der Waals surface area contributed by atoms with E-state index in [1.165, 1.54) is 128 Å². The lowest BCUT2D eigenvalue weighted by Crippen LogP contribution is -2.32. The maximum Gasteiger partial charge on any atom is 0.131 e. The molecule has 0 radical (unpaired) electrons. The van der Waals surface area contributed by atoms with Gasteiger partial charge in [0.1, 0.15) is 23.3 Å². The van der Waals surface area contributed by atoms with Gasteiger partial charge in [0.25, 0.3) is 0 Å². The first-order valence-corrected chi connectivity index (χ1v) is 23.4. The van der Waals surface area contributed by atoms with Gasteiger partial charge in [-0.3, -0.25) is 0 Å². The molecule has 0 N–H and O–H groups in total. The van der Waals surface area contributed by atoms with Crippen molar-refractivity contribution in [2.45, 2.75) is 193 Å². The second-order valence-corrected chi connectivity index (χ2v) is 18.9. The standard InChI is InChI=1S/C50H74F4O/c1-3-5-7-9-11-35-13-17-37(18-14-35)39-21-25-41(26-22-39)49(45-31-29-43(51)33-47(45)53)55-50(46-32-30-44(52)34-48(46)54)42-27-23-40(24-28-42)38-19-15-36(16-20-38)12-10-8-6-4-2/h29-42,49-50H,3-28H2,1-2H3. The Morgan fingerprint density at radius 2 is 0.800 bits per heavy atom. The Morgan fingerprint density at radius 3 is 1.13 bits per heavy atom. The summed E-state index contributed by atoms with van der Waals surface area (Å²) in [5.74, 6) is 2.44. The van der Waals surface area contributed by atoms with E-state index in [0.717, 1.165) is 87.2 Å². The minimum atomic E-state index is -0.611. The second kappa shape index (κ2) is 21.8. The molecule has 55 heavy (non-hydrogen) atoms. The number of rotatable bonds is 18. The molecule has 6 rings (SSSR count). The molecule has 0 aliphatic heterocycles. The molecule has 0 aromatic heterocycles. The maximum atomic E-state index is 15.8. The minimum Gasteiger partial charge on any atom is -0.365 e. The Morgan fingerprint density at radius 1 is 0.455 bits per heavy atom. The molecule has 2 unspecified atom stereocenters. The lowest BCUT2D eigenvalue weighted by atomic mass is 9.67. The fourth-order valence-electron chi connectivity index (χ4n) is 12.0. The molecule has 5 heteroatoms. The van der Waals surface area contributed by atoms with Gasteiger partial charge in [0.15, 0.2) is 0 Å². The van der Waals surface area contributed by atoms with Crippen LogP contribution in [-0.4, -0.2) is 0 Å². The molecular weight excluding hydrogens is 693 g/mol. The van der Waals surface area contributed by atoms with Crippen molar-refractivity contribution in [3.05, 3.63) is 70.8 Å². The topological polar surface area (TPSA) is 9.23 Å². The summed E-state index contributed by atoms with van der Waals surface area (Å²) in [7, 11) is 0. The summed E-state index contributed by atoms with van der Waals surface area (Å²) in [6.45, 7) is 4.56. The third-order valence-electron chi connectivity index (χ3n) is 15.4. The van der Waals surface area contributed by atoms with E-state index in [0.29, 0.717) is 23.0 Å². The molecule has 0 heterocycles. The van der Waals surface area contributed by atoms with Gasteiger partial charge < -0.3 is 4.74 Å². The van der Waals surface area contributed by atoms with Crippen molar-refractivity contribution in [1.82, 2.24) is 0 Å². The number of hydrogen-bond acceptors (Lipinski definition) is 1. The van der Waals surface area contributed by atoms with Crippen molar-refractivity contribution >= 4 is 0 Å². The highest BCUT2D eigenvalue weighted by atomic mass is 19.1. The number of halogens is 4. The summed E-state index contributed by atoms with van der Waals surface area (Å²) < 4.78 is 67.2. The average Bonchev–Trinajstić information content (AvgIpc) is 3.20. The highest BCUT2D eigenvalue weighted by molar-refractivity contribution is 5.25. The largest absolute Gasteiger partial charge is 0.365 e. The molecule has 4 fully saturated rings. The predicted molar refractivity (Wildman–Crippen MR) is 219 cm³/mol. The Bertz CT molecular complexity index is 1290. The van der Waals surface area contributed by atoms with Crippen LogP contribution in [0.4, 0.5) is 17.6 Å². The normalized spacial score (nSPS) is 30.2. The first-order valence-electron chi connectivity index (χ1n) is 23.4. The van der Waals surface area contributed by atoms with Gasteiger partial charge >= 0.3 is 0 Å². The summed E-state index contributed by atoms with van der Waals surface area (Å²) in [6.07, 6.45) is 31.2. The van der Waals surface area contributed by atoms with Gasteiger partial charge in [-0.05, 0) is 137 Å². The van der Waals surface area contributed by atoms with E-state index in [1.807, 2.05) is 0 Å². The van der Waals surface area contributed by atoms with Gasteiger partial charge in [0.05, 0.1) is 12.2 Å². The van der Waals surface area contributed by atoms with Crippen LogP contribution in [0.15, 0.2) is 36.4 Å². The molecule has 4 aliphatic carbocycles. The predicted octanol–water partition coefficient (Wildman–Crippen LogP) is 16.2. The lowest BCUT2D eigenvalue weighted by molar-refractivity contribution is -0.0959. The maximum absolute atomic E-state index is 15.8. The Hall–Kier alpha value is -1.88. The molecule has 2 atom stereocenters. The van der Waals surface area contributed by atoms with Crippen LogP contribution in [0.1, 0.15) is 204 Å². The number of unbranched alkanes of at least 4 members (excludes halogenated alkanes) is 6. The van der Waals surface area contributed by atoms with Crippen molar-refractivity contribution < 1.29 is 22.3 Å². The van der Waals surface area contributed by atoms with Gasteiger partial charge in [-0.15, -0.1) is 0 Å². The van der Waals surface area contributed by atoms with E-state index >= 15 is 8.78 Å². The van der Waals surface area contributed by atoms with Crippen LogP contribution >= 0.6 is 0 Å². The molecule has 0 spiro atoms. The van der Waals surface area contributed by atoms with Crippen molar-refractivity contribution in [3.63, 3.8) is 0 Å². The molecule has 0 bridgehead atoms. The summed E-state index contributed by atoms with van der Waals surface area (Å²) in [4.78, 5) is 0. The summed E-state index contributed by atoms with van der Waals surface area (Å²) in [5, 5.41) is 0. The summed E-state index contributed by atoms with van der Waals surface area (Å²) >= 11 is 0. The number of benzene rings is 2. The van der Waals surface area contributed by atoms with E-state index in [2.05, 4.69) is 13.8 Å². The van der Waals surface area contributed by atoms with Gasteiger partial charge in [0, 0.05) is 23.3 Å². The Balaban J connectivity index is 1.11. The number of ether oxygens (including phenoxy) is 1. The first kappa shape index (κ1) is 42.7. The zero-order valence-electron chi connectivity index (χ0n) is 34.5. The van der Waals surface area contributed by atoms with E-state index in [1.54, 1.807) is 12.1 Å². The molecule has 2 aromatic rings. The SMILES string of the molecule is CCCCCCC1CCC(C2CCC(C(OC(c3ccc(F)cc3F)C3CCC(C4CCC(CCCCCC)CC4)CC3)c3ccc(F)cc3F)CC2)CC1. The van der Waals surface area contributed by atoms with Crippen LogP contribution in [0.5, 0.6) is 0 Å². The third-order valence-corrected chi connectivity index (χ3v) is 15.4. The van der Waals surface area contributed by atoms with Crippen molar-refractivity contribution in [2.75, 3.05) is 0 Å². The molecule has 0 amide bonds. The molecule has 4 saturated carbocycles. The fourth-order valence-corrected chi connectivity index (χ4v) is 12.0. The zero-order chi connectivity index (χ0) is 38.6. The number of hydrogen-bond donors (Lipinski definition) is 0. The molecular formula is C50H74F4O. The molecule has 4 aliphatic rings. The summed E-state index contributed by atoms with van der Waals surface area (Å²) in [6, 6.07) is 7.71. The highest BCUT2D eigenvalue weighted by Gasteiger charge is 2.40. The van der Waals surface area contributed by atoms with Crippen LogP contribution in [0.3, 0.4) is 0 Å². The van der Waals surface area contributed by atoms with Crippen LogP contribution < -0.4 is 0 Å². The first-order chi connectivity index (χ1) is 26.8. The monoisotopic (exact) mass is 767 g/mol. The van der Waals surface area contributed by atoms with Gasteiger partial charge in [-0.2, -0.15) is 0 Å². The highest BCUT2D eigenvalue weighted by Crippen LogP contribution is 2.51. The van der Waals surface area contributed by atoms with Gasteiger partial charge in [0.2, 0.25) is 0 Å². The molecule has 1 nitrogen and oxygen atoms in total. The Labute approximate surface area is 332 Å². The van der Waals surface area contributed by atoms with E-state index in [-0.39, 0.29) is 11.8 Å². The van der Waals surface area contributed by atoms with Crippen LogP contribution in [0.25, 0.3) is 0 Å². The van der Waals surface area contributed by atoms with Gasteiger partial charge in [-0.25, -0.2) is 17.6 Å².